The molecule has 0 unspecified atom stereocenters. The highest BCUT2D eigenvalue weighted by atomic mass is 16.6. The van der Waals surface area contributed by atoms with Gasteiger partial charge in [-0.15, -0.1) is 0 Å². The van der Waals surface area contributed by atoms with Gasteiger partial charge in [-0.25, -0.2) is 4.63 Å². The summed E-state index contributed by atoms with van der Waals surface area (Å²) in [7, 11) is 0. The van der Waals surface area contributed by atoms with Crippen LogP contribution >= 0.6 is 0 Å². The molecular weight excluding hydrogens is 218 g/mol. The Hall–Kier alpha value is -1.91. The number of carbonyl (C=O) groups excluding carboxylic acids is 1. The molecule has 1 aromatic carbocycles. The lowest BCUT2D eigenvalue weighted by atomic mass is 10.1. The van der Waals surface area contributed by atoms with Crippen molar-refractivity contribution in [3.63, 3.8) is 0 Å². The number of nitrogens with zero attached hydrogens (tertiary/aromatic N) is 3. The van der Waals surface area contributed by atoms with Crippen LogP contribution in [0, 0.1) is 0 Å². The van der Waals surface area contributed by atoms with E-state index >= 15 is 0 Å². The number of rotatable bonds is 1. The summed E-state index contributed by atoms with van der Waals surface area (Å²) >= 11 is 0. The summed E-state index contributed by atoms with van der Waals surface area (Å²) in [6.45, 7) is 1.67. The number of hydrogen-bond donors (Lipinski definition) is 0. The summed E-state index contributed by atoms with van der Waals surface area (Å²) in [4.78, 5) is 14.2. The van der Waals surface area contributed by atoms with Gasteiger partial charge in [0.05, 0.1) is 5.56 Å². The maximum atomic E-state index is 12.3. The zero-order valence-corrected chi connectivity index (χ0v) is 9.43. The number of carbonyl (C=O) groups is 1. The van der Waals surface area contributed by atoms with E-state index in [0.29, 0.717) is 16.6 Å². The third-order valence-electron chi connectivity index (χ3n) is 3.16. The fourth-order valence-corrected chi connectivity index (χ4v) is 2.25. The maximum absolute atomic E-state index is 12.3. The van der Waals surface area contributed by atoms with E-state index in [1.54, 1.807) is 12.1 Å². The van der Waals surface area contributed by atoms with Gasteiger partial charge in [-0.3, -0.25) is 4.79 Å². The molecule has 0 aliphatic carbocycles. The molecule has 1 aliphatic heterocycles. The number of benzene rings is 1. The first-order valence-electron chi connectivity index (χ1n) is 5.87. The molecule has 0 saturated carbocycles. The van der Waals surface area contributed by atoms with E-state index in [4.69, 9.17) is 0 Å². The van der Waals surface area contributed by atoms with Crippen molar-refractivity contribution >= 4 is 16.9 Å². The van der Waals surface area contributed by atoms with Gasteiger partial charge in [-0.2, -0.15) is 0 Å². The first-order chi connectivity index (χ1) is 8.36. The maximum Gasteiger partial charge on any atom is 0.256 e. The summed E-state index contributed by atoms with van der Waals surface area (Å²) in [6.07, 6.45) is 3.37. The number of amides is 1. The normalized spacial score (nSPS) is 16.4. The van der Waals surface area contributed by atoms with E-state index in [1.165, 1.54) is 6.42 Å². The van der Waals surface area contributed by atoms with Crippen LogP contribution in [0.2, 0.25) is 0 Å². The van der Waals surface area contributed by atoms with E-state index in [2.05, 4.69) is 14.9 Å². The first-order valence-corrected chi connectivity index (χ1v) is 5.87. The van der Waals surface area contributed by atoms with Gasteiger partial charge in [-0.1, -0.05) is 6.07 Å². The zero-order valence-electron chi connectivity index (χ0n) is 9.43. The Morgan fingerprint density at radius 3 is 2.82 bits per heavy atom. The molecule has 1 aliphatic rings. The standard InChI is InChI=1S/C12H13N3O2/c16-12(15-7-2-1-3-8-15)9-5-4-6-10-11(9)14-17-13-10/h4-6H,1-3,7-8H2. The molecule has 1 aromatic heterocycles. The lowest BCUT2D eigenvalue weighted by molar-refractivity contribution is 0.0726. The lowest BCUT2D eigenvalue weighted by Gasteiger charge is -2.26. The summed E-state index contributed by atoms with van der Waals surface area (Å²) in [5.74, 6) is 0.0333. The van der Waals surface area contributed by atoms with Crippen LogP contribution in [0.5, 0.6) is 0 Å². The second-order valence-electron chi connectivity index (χ2n) is 4.29. The molecule has 88 valence electrons. The van der Waals surface area contributed by atoms with E-state index in [9.17, 15) is 4.79 Å². The molecule has 1 amide bonds. The monoisotopic (exact) mass is 231 g/mol. The van der Waals surface area contributed by atoms with Crippen LogP contribution in [0.3, 0.4) is 0 Å². The minimum Gasteiger partial charge on any atom is -0.339 e. The largest absolute Gasteiger partial charge is 0.339 e. The van der Waals surface area contributed by atoms with E-state index < -0.39 is 0 Å². The summed E-state index contributed by atoms with van der Waals surface area (Å²) < 4.78 is 4.67. The third-order valence-corrected chi connectivity index (χ3v) is 3.16. The molecule has 0 spiro atoms. The number of fused-ring (bicyclic) bond motifs is 1. The SMILES string of the molecule is O=C(c1cccc2nonc12)N1CCCCC1. The van der Waals surface area contributed by atoms with E-state index in [0.717, 1.165) is 25.9 Å². The predicted octanol–water partition coefficient (Wildman–Crippen LogP) is 1.85. The second kappa shape index (κ2) is 4.16. The smallest absolute Gasteiger partial charge is 0.256 e. The summed E-state index contributed by atoms with van der Waals surface area (Å²) in [6, 6.07) is 5.38. The van der Waals surface area contributed by atoms with Crippen molar-refractivity contribution in [3.8, 4) is 0 Å². The molecule has 2 aromatic rings. The molecule has 5 heteroatoms. The molecule has 2 heterocycles. The fraction of sp³-hybridized carbons (Fsp3) is 0.417. The number of likely N-dealkylation sites (tertiary alicyclic amines) is 1. The summed E-state index contributed by atoms with van der Waals surface area (Å²) in [5.41, 5.74) is 1.78. The van der Waals surface area contributed by atoms with Gasteiger partial charge in [0.1, 0.15) is 11.0 Å². The molecule has 1 saturated heterocycles. The van der Waals surface area contributed by atoms with Gasteiger partial charge in [0.25, 0.3) is 5.91 Å². The van der Waals surface area contributed by atoms with Gasteiger partial charge in [0.2, 0.25) is 0 Å². The van der Waals surface area contributed by atoms with E-state index in [1.807, 2.05) is 11.0 Å². The Balaban J connectivity index is 1.97. The topological polar surface area (TPSA) is 59.2 Å². The molecule has 17 heavy (non-hydrogen) atoms. The van der Waals surface area contributed by atoms with Crippen molar-refractivity contribution in [1.82, 2.24) is 15.2 Å². The van der Waals surface area contributed by atoms with Crippen molar-refractivity contribution < 1.29 is 9.42 Å². The summed E-state index contributed by atoms with van der Waals surface area (Å²) in [5, 5.41) is 7.55. The average Bonchev–Trinajstić information content (AvgIpc) is 2.87. The molecular formula is C12H13N3O2. The highest BCUT2D eigenvalue weighted by molar-refractivity contribution is 6.04. The molecule has 0 bridgehead atoms. The zero-order chi connectivity index (χ0) is 11.7. The van der Waals surface area contributed by atoms with Gasteiger partial charge >= 0.3 is 0 Å². The van der Waals surface area contributed by atoms with Crippen LogP contribution in [-0.4, -0.2) is 34.2 Å². The van der Waals surface area contributed by atoms with Crippen molar-refractivity contribution in [2.24, 2.45) is 0 Å². The van der Waals surface area contributed by atoms with Crippen molar-refractivity contribution in [1.29, 1.82) is 0 Å². The second-order valence-corrected chi connectivity index (χ2v) is 4.29. The van der Waals surface area contributed by atoms with Crippen molar-refractivity contribution in [2.45, 2.75) is 19.3 Å². The van der Waals surface area contributed by atoms with E-state index in [-0.39, 0.29) is 5.91 Å². The van der Waals surface area contributed by atoms with Crippen LogP contribution in [0.25, 0.3) is 11.0 Å². The van der Waals surface area contributed by atoms with Gasteiger partial charge in [-0.05, 0) is 41.7 Å². The Kier molecular flexibility index (Phi) is 2.51. The Bertz CT molecular complexity index is 543. The van der Waals surface area contributed by atoms with Crippen LogP contribution in [-0.2, 0) is 0 Å². The highest BCUT2D eigenvalue weighted by Crippen LogP contribution is 2.19. The molecule has 5 nitrogen and oxygen atoms in total. The number of aromatic nitrogens is 2. The average molecular weight is 231 g/mol. The van der Waals surface area contributed by atoms with Crippen LogP contribution < -0.4 is 0 Å². The minimum atomic E-state index is 0.0333. The minimum absolute atomic E-state index is 0.0333. The molecule has 0 atom stereocenters. The van der Waals surface area contributed by atoms with Crippen molar-refractivity contribution in [2.75, 3.05) is 13.1 Å². The Morgan fingerprint density at radius 2 is 2.00 bits per heavy atom. The van der Waals surface area contributed by atoms with Crippen LogP contribution in [0.4, 0.5) is 0 Å². The lowest BCUT2D eigenvalue weighted by Crippen LogP contribution is -2.35. The van der Waals surface area contributed by atoms with Crippen LogP contribution in [0.15, 0.2) is 22.8 Å². The first kappa shape index (κ1) is 10.3. The fourth-order valence-electron chi connectivity index (χ4n) is 2.25. The molecule has 3 rings (SSSR count). The predicted molar refractivity (Wildman–Crippen MR) is 61.6 cm³/mol. The van der Waals surface area contributed by atoms with Gasteiger partial charge in [0, 0.05) is 13.1 Å². The molecule has 0 radical (unpaired) electrons. The highest BCUT2D eigenvalue weighted by Gasteiger charge is 2.21. The number of piperidine rings is 1. The Morgan fingerprint density at radius 1 is 1.18 bits per heavy atom. The van der Waals surface area contributed by atoms with Gasteiger partial charge in [0.15, 0.2) is 0 Å². The quantitative estimate of drug-likeness (QED) is 0.751. The molecule has 0 N–H and O–H groups in total. The Labute approximate surface area is 98.4 Å². The van der Waals surface area contributed by atoms with Gasteiger partial charge < -0.3 is 4.90 Å². The third kappa shape index (κ3) is 1.77. The number of hydrogen-bond acceptors (Lipinski definition) is 4. The van der Waals surface area contributed by atoms with Crippen LogP contribution in [0.1, 0.15) is 29.6 Å². The molecule has 1 fully saturated rings. The van der Waals surface area contributed by atoms with Crippen molar-refractivity contribution in [3.05, 3.63) is 23.8 Å².